The molecule has 4 rings (SSSR count). The number of halogens is 3. The number of carbonyl (C=O) groups is 1. The van der Waals surface area contributed by atoms with E-state index in [2.05, 4.69) is 30.7 Å². The Kier molecular flexibility index (Phi) is 5.49. The summed E-state index contributed by atoms with van der Waals surface area (Å²) in [6, 6.07) is 6.75. The number of hydrogen-bond donors (Lipinski definition) is 0. The van der Waals surface area contributed by atoms with Crippen LogP contribution in [0.5, 0.6) is 5.75 Å². The number of amides is 1. The van der Waals surface area contributed by atoms with Gasteiger partial charge in [-0.3, -0.25) is 4.79 Å². The number of carbonyl (C=O) groups excluding carboxylic acids is 1. The number of aromatic nitrogens is 3. The Bertz CT molecular complexity index is 1070. The van der Waals surface area contributed by atoms with Gasteiger partial charge in [0.1, 0.15) is 5.75 Å². The van der Waals surface area contributed by atoms with Crippen LogP contribution in [0.15, 0.2) is 34.9 Å². The molecular formula is C20H19BrF2N4O2. The van der Waals surface area contributed by atoms with E-state index >= 15 is 0 Å². The monoisotopic (exact) mass is 464 g/mol. The van der Waals surface area contributed by atoms with Crippen molar-refractivity contribution in [3.05, 3.63) is 57.4 Å². The van der Waals surface area contributed by atoms with Crippen LogP contribution in [0, 0.1) is 6.92 Å². The molecule has 1 aliphatic rings. The zero-order chi connectivity index (χ0) is 20.5. The predicted octanol–water partition coefficient (Wildman–Crippen LogP) is 3.92. The summed E-state index contributed by atoms with van der Waals surface area (Å²) in [5.74, 6) is 0.0657. The third kappa shape index (κ3) is 4.24. The Morgan fingerprint density at radius 1 is 1.34 bits per heavy atom. The minimum Gasteiger partial charge on any atom is -0.435 e. The first-order valence-corrected chi connectivity index (χ1v) is 10.0. The smallest absolute Gasteiger partial charge is 0.387 e. The topological polar surface area (TPSA) is 59.7 Å². The highest BCUT2D eigenvalue weighted by Gasteiger charge is 2.23. The molecule has 0 atom stereocenters. The molecular weight excluding hydrogens is 446 g/mol. The van der Waals surface area contributed by atoms with Crippen molar-refractivity contribution in [2.24, 2.45) is 0 Å². The van der Waals surface area contributed by atoms with Gasteiger partial charge in [0.2, 0.25) is 5.91 Å². The largest absolute Gasteiger partial charge is 0.435 e. The number of nitrogens with zero attached hydrogens (tertiary/aromatic N) is 4. The summed E-state index contributed by atoms with van der Waals surface area (Å²) in [5, 5.41) is 4.48. The molecule has 0 radical (unpaired) electrons. The Balaban J connectivity index is 1.45. The summed E-state index contributed by atoms with van der Waals surface area (Å²) in [6.07, 6.45) is 3.02. The molecule has 1 aliphatic heterocycles. The van der Waals surface area contributed by atoms with Gasteiger partial charge in [-0.25, -0.2) is 9.50 Å². The highest BCUT2D eigenvalue weighted by Crippen LogP contribution is 2.27. The second-order valence-corrected chi connectivity index (χ2v) is 7.90. The zero-order valence-electron chi connectivity index (χ0n) is 15.7. The summed E-state index contributed by atoms with van der Waals surface area (Å²) in [5.41, 5.74) is 4.33. The Labute approximate surface area is 174 Å². The van der Waals surface area contributed by atoms with Gasteiger partial charge >= 0.3 is 6.61 Å². The van der Waals surface area contributed by atoms with Gasteiger partial charge in [0, 0.05) is 48.2 Å². The normalized spacial score (nSPS) is 13.8. The molecule has 3 aromatic rings. The number of fused-ring (bicyclic) bond motifs is 3. The lowest BCUT2D eigenvalue weighted by Crippen LogP contribution is -2.37. The van der Waals surface area contributed by atoms with E-state index in [1.165, 1.54) is 6.07 Å². The van der Waals surface area contributed by atoms with Crippen molar-refractivity contribution >= 4 is 27.5 Å². The van der Waals surface area contributed by atoms with Crippen LogP contribution in [0.1, 0.15) is 28.9 Å². The molecule has 0 saturated heterocycles. The summed E-state index contributed by atoms with van der Waals surface area (Å²) < 4.78 is 32.4. The van der Waals surface area contributed by atoms with Gasteiger partial charge in [-0.2, -0.15) is 13.9 Å². The minimum atomic E-state index is -2.90. The first-order chi connectivity index (χ1) is 13.9. The highest BCUT2D eigenvalue weighted by molar-refractivity contribution is 9.10. The van der Waals surface area contributed by atoms with Crippen LogP contribution < -0.4 is 4.74 Å². The van der Waals surface area contributed by atoms with Crippen molar-refractivity contribution in [3.63, 3.8) is 0 Å². The van der Waals surface area contributed by atoms with E-state index in [9.17, 15) is 13.6 Å². The third-order valence-corrected chi connectivity index (χ3v) is 5.46. The number of aryl methyl sites for hydroxylation is 2. The standard InChI is InChI=1S/C20H19BrF2N4O2/c1-12-8-18-24-10-14-11-26(7-6-16(14)27(18)25-12)19(28)5-2-13-9-15(21)3-4-17(13)29-20(22)23/h3-4,8-10,20H,2,5-7,11H2,1H3. The molecule has 2 aromatic heterocycles. The summed E-state index contributed by atoms with van der Waals surface area (Å²) >= 11 is 3.33. The van der Waals surface area contributed by atoms with Crippen LogP contribution in [0.3, 0.4) is 0 Å². The first kappa shape index (κ1) is 19.8. The van der Waals surface area contributed by atoms with Crippen molar-refractivity contribution in [2.75, 3.05) is 6.54 Å². The fourth-order valence-corrected chi connectivity index (χ4v) is 4.03. The first-order valence-electron chi connectivity index (χ1n) is 9.25. The zero-order valence-corrected chi connectivity index (χ0v) is 17.3. The van der Waals surface area contributed by atoms with Crippen LogP contribution >= 0.6 is 15.9 Å². The van der Waals surface area contributed by atoms with Crippen molar-refractivity contribution in [1.29, 1.82) is 0 Å². The van der Waals surface area contributed by atoms with Gasteiger partial charge in [-0.15, -0.1) is 0 Å². The average molecular weight is 465 g/mol. The van der Waals surface area contributed by atoms with Gasteiger partial charge in [-0.1, -0.05) is 15.9 Å². The molecule has 152 valence electrons. The molecule has 3 heterocycles. The molecule has 0 aliphatic carbocycles. The molecule has 1 aromatic carbocycles. The van der Waals surface area contributed by atoms with Gasteiger partial charge in [0.15, 0.2) is 5.65 Å². The van der Waals surface area contributed by atoms with E-state index in [1.54, 1.807) is 23.2 Å². The Hall–Kier alpha value is -2.55. The van der Waals surface area contributed by atoms with Crippen LogP contribution in [0.4, 0.5) is 8.78 Å². The van der Waals surface area contributed by atoms with E-state index in [1.807, 2.05) is 17.5 Å². The molecule has 0 spiro atoms. The molecule has 6 nitrogen and oxygen atoms in total. The number of ether oxygens (including phenoxy) is 1. The SMILES string of the molecule is Cc1cc2ncc3c(n2n1)CCN(C(=O)CCc1cc(Br)ccc1OC(F)F)C3. The molecule has 1 amide bonds. The molecule has 0 bridgehead atoms. The van der Waals surface area contributed by atoms with Gasteiger partial charge in [0.05, 0.1) is 11.4 Å². The quantitative estimate of drug-likeness (QED) is 0.574. The second kappa shape index (κ2) is 8.06. The average Bonchev–Trinajstić information content (AvgIpc) is 3.07. The van der Waals surface area contributed by atoms with Gasteiger partial charge in [0.25, 0.3) is 0 Å². The molecule has 29 heavy (non-hydrogen) atoms. The lowest BCUT2D eigenvalue weighted by atomic mass is 10.0. The van der Waals surface area contributed by atoms with Crippen molar-refractivity contribution in [1.82, 2.24) is 19.5 Å². The number of benzene rings is 1. The van der Waals surface area contributed by atoms with Crippen molar-refractivity contribution < 1.29 is 18.3 Å². The van der Waals surface area contributed by atoms with Crippen LogP contribution in [-0.4, -0.2) is 38.6 Å². The van der Waals surface area contributed by atoms with E-state index in [-0.39, 0.29) is 18.1 Å². The molecule has 0 fully saturated rings. The molecule has 0 unspecified atom stereocenters. The maximum absolute atomic E-state index is 12.7. The predicted molar refractivity (Wildman–Crippen MR) is 106 cm³/mol. The second-order valence-electron chi connectivity index (χ2n) is 6.98. The van der Waals surface area contributed by atoms with Crippen molar-refractivity contribution in [3.8, 4) is 5.75 Å². The van der Waals surface area contributed by atoms with E-state index in [0.717, 1.165) is 27.1 Å². The number of hydrogen-bond acceptors (Lipinski definition) is 4. The van der Waals surface area contributed by atoms with E-state index < -0.39 is 6.61 Å². The highest BCUT2D eigenvalue weighted by atomic mass is 79.9. The Morgan fingerprint density at radius 3 is 2.97 bits per heavy atom. The van der Waals surface area contributed by atoms with Crippen LogP contribution in [-0.2, 0) is 24.2 Å². The molecule has 9 heteroatoms. The summed E-state index contributed by atoms with van der Waals surface area (Å²) in [4.78, 5) is 18.9. The van der Waals surface area contributed by atoms with Crippen molar-refractivity contribution in [2.45, 2.75) is 39.3 Å². The molecule has 0 saturated carbocycles. The fourth-order valence-electron chi connectivity index (χ4n) is 3.62. The number of rotatable bonds is 5. The van der Waals surface area contributed by atoms with E-state index in [4.69, 9.17) is 0 Å². The minimum absolute atomic E-state index is 0.0321. The number of alkyl halides is 2. The lowest BCUT2D eigenvalue weighted by molar-refractivity contribution is -0.132. The van der Waals surface area contributed by atoms with Crippen LogP contribution in [0.25, 0.3) is 5.65 Å². The van der Waals surface area contributed by atoms with Gasteiger partial charge < -0.3 is 9.64 Å². The lowest BCUT2D eigenvalue weighted by Gasteiger charge is -2.29. The molecule has 0 N–H and O–H groups in total. The van der Waals surface area contributed by atoms with Gasteiger partial charge in [-0.05, 0) is 37.1 Å². The van der Waals surface area contributed by atoms with Crippen LogP contribution in [0.2, 0.25) is 0 Å². The third-order valence-electron chi connectivity index (χ3n) is 4.97. The fraction of sp³-hybridized carbons (Fsp3) is 0.350. The Morgan fingerprint density at radius 2 is 2.17 bits per heavy atom. The summed E-state index contributed by atoms with van der Waals surface area (Å²) in [7, 11) is 0. The maximum Gasteiger partial charge on any atom is 0.387 e. The summed E-state index contributed by atoms with van der Waals surface area (Å²) in [6.45, 7) is 0.0742. The maximum atomic E-state index is 12.7. The van der Waals surface area contributed by atoms with E-state index in [0.29, 0.717) is 31.5 Å².